The second-order valence-corrected chi connectivity index (χ2v) is 9.68. The van der Waals surface area contributed by atoms with Crippen molar-refractivity contribution >= 4 is 28.8 Å². The number of benzene rings is 1. The number of rotatable bonds is 7. The number of Topliss-reactive ketones (excluding diaryl/α,β-unsaturated/α-hetero) is 1. The first kappa shape index (κ1) is 25.7. The second kappa shape index (κ2) is 10.5. The normalized spacial score (nSPS) is 18.7. The maximum absolute atomic E-state index is 13.5. The fourth-order valence-electron chi connectivity index (χ4n) is 4.78. The summed E-state index contributed by atoms with van der Waals surface area (Å²) in [4.78, 5) is 37.8. The number of thiophene rings is 1. The molecular weight excluding hydrogens is 526 g/mol. The highest BCUT2D eigenvalue weighted by Gasteiger charge is 2.42. The lowest BCUT2D eigenvalue weighted by molar-refractivity contribution is -0.385. The molecular formula is C27H21N3O8S. The van der Waals surface area contributed by atoms with E-state index in [0.717, 1.165) is 17.4 Å². The van der Waals surface area contributed by atoms with Crippen LogP contribution in [0.5, 0.6) is 11.5 Å². The number of nitrogens with two attached hydrogens (primary N) is 1. The summed E-state index contributed by atoms with van der Waals surface area (Å²) in [6, 6.07) is 11.2. The summed E-state index contributed by atoms with van der Waals surface area (Å²) in [5.41, 5.74) is 5.85. The Morgan fingerprint density at radius 1 is 1.31 bits per heavy atom. The van der Waals surface area contributed by atoms with E-state index in [1.165, 1.54) is 18.4 Å². The van der Waals surface area contributed by atoms with Crippen molar-refractivity contribution in [2.45, 2.75) is 31.6 Å². The topological polar surface area (TPSA) is 168 Å². The van der Waals surface area contributed by atoms with E-state index >= 15 is 0 Å². The number of hydrogen-bond donors (Lipinski definition) is 1. The van der Waals surface area contributed by atoms with Gasteiger partial charge in [-0.3, -0.25) is 14.9 Å². The van der Waals surface area contributed by atoms with Gasteiger partial charge in [0.05, 0.1) is 23.7 Å². The van der Waals surface area contributed by atoms with Gasteiger partial charge in [-0.1, -0.05) is 6.07 Å². The Morgan fingerprint density at radius 3 is 2.77 bits per heavy atom. The highest BCUT2D eigenvalue weighted by Crippen LogP contribution is 2.49. The number of hydrogen-bond acceptors (Lipinski definition) is 11. The average Bonchev–Trinajstić information content (AvgIpc) is 3.63. The van der Waals surface area contributed by atoms with Crippen molar-refractivity contribution in [1.82, 2.24) is 0 Å². The van der Waals surface area contributed by atoms with E-state index in [2.05, 4.69) is 0 Å². The van der Waals surface area contributed by atoms with Gasteiger partial charge in [-0.15, -0.1) is 11.3 Å². The molecule has 0 unspecified atom stereocenters. The van der Waals surface area contributed by atoms with Crippen molar-refractivity contribution in [3.8, 4) is 17.6 Å². The quantitative estimate of drug-likeness (QED) is 0.182. The van der Waals surface area contributed by atoms with Gasteiger partial charge in [-0.25, -0.2) is 4.79 Å². The lowest BCUT2D eigenvalue weighted by Gasteiger charge is -2.33. The Morgan fingerprint density at radius 2 is 2.13 bits per heavy atom. The molecule has 1 aromatic carbocycles. The van der Waals surface area contributed by atoms with E-state index in [9.17, 15) is 25.0 Å². The van der Waals surface area contributed by atoms with Crippen LogP contribution in [0, 0.1) is 21.4 Å². The molecule has 0 saturated carbocycles. The van der Waals surface area contributed by atoms with Gasteiger partial charge in [-0.2, -0.15) is 5.26 Å². The lowest BCUT2D eigenvalue weighted by atomic mass is 9.74. The zero-order chi connectivity index (χ0) is 27.7. The van der Waals surface area contributed by atoms with Gasteiger partial charge in [0.25, 0.3) is 0 Å². The number of carbonyl (C=O) groups is 2. The first-order valence-corrected chi connectivity index (χ1v) is 12.8. The van der Waals surface area contributed by atoms with Crippen LogP contribution in [-0.2, 0) is 9.53 Å². The minimum absolute atomic E-state index is 0.0707. The van der Waals surface area contributed by atoms with Gasteiger partial charge in [-0.05, 0) is 42.1 Å². The molecule has 5 rings (SSSR count). The maximum atomic E-state index is 13.5. The maximum Gasteiger partial charge on any atom is 0.354 e. The van der Waals surface area contributed by atoms with Crippen LogP contribution in [0.15, 0.2) is 75.2 Å². The first-order valence-electron chi connectivity index (χ1n) is 11.9. The van der Waals surface area contributed by atoms with Crippen LogP contribution in [0.1, 0.15) is 52.6 Å². The monoisotopic (exact) mass is 547 g/mol. The van der Waals surface area contributed by atoms with E-state index in [0.29, 0.717) is 5.76 Å². The summed E-state index contributed by atoms with van der Waals surface area (Å²) in [6.07, 6.45) is 1.88. The van der Waals surface area contributed by atoms with Gasteiger partial charge in [0.2, 0.25) is 11.6 Å². The lowest BCUT2D eigenvalue weighted by Crippen LogP contribution is -2.29. The van der Waals surface area contributed by atoms with E-state index < -0.39 is 22.5 Å². The smallest absolute Gasteiger partial charge is 0.354 e. The fourth-order valence-corrected chi connectivity index (χ4v) is 5.38. The van der Waals surface area contributed by atoms with Crippen molar-refractivity contribution < 1.29 is 33.1 Å². The highest BCUT2D eigenvalue weighted by atomic mass is 32.1. The van der Waals surface area contributed by atoms with Crippen LogP contribution >= 0.6 is 11.3 Å². The molecule has 0 radical (unpaired) electrons. The van der Waals surface area contributed by atoms with Crippen LogP contribution in [0.4, 0.5) is 5.69 Å². The van der Waals surface area contributed by atoms with Gasteiger partial charge >= 0.3 is 11.7 Å². The number of nitrogens with zero attached hydrogens (tertiary/aromatic N) is 2. The van der Waals surface area contributed by atoms with Crippen molar-refractivity contribution in [1.29, 1.82) is 5.26 Å². The summed E-state index contributed by atoms with van der Waals surface area (Å²) < 4.78 is 22.3. The van der Waals surface area contributed by atoms with Crippen LogP contribution < -0.4 is 15.2 Å². The summed E-state index contributed by atoms with van der Waals surface area (Å²) >= 11 is 1.12. The van der Waals surface area contributed by atoms with E-state index in [1.54, 1.807) is 30.5 Å². The molecule has 198 valence electrons. The Hall–Kier alpha value is -4.89. The SMILES string of the molecule is CCOc1cc([C@H]2C(C#N)=C(N)OC3=C2C(=O)C[C@H](c2ccco2)C3)cc([N+](=O)[O-])c1OC(=O)c1cccs1. The first-order chi connectivity index (χ1) is 18.8. The number of nitro groups is 1. The van der Waals surface area contributed by atoms with Crippen molar-refractivity contribution in [2.75, 3.05) is 6.61 Å². The summed E-state index contributed by atoms with van der Waals surface area (Å²) in [5.74, 6) is -2.25. The predicted octanol–water partition coefficient (Wildman–Crippen LogP) is 5.08. The molecule has 0 amide bonds. The van der Waals surface area contributed by atoms with Crippen molar-refractivity contribution in [3.05, 3.63) is 97.1 Å². The largest absolute Gasteiger partial charge is 0.490 e. The van der Waals surface area contributed by atoms with Crippen molar-refractivity contribution in [3.63, 3.8) is 0 Å². The van der Waals surface area contributed by atoms with Crippen molar-refractivity contribution in [2.24, 2.45) is 5.73 Å². The number of esters is 1. The molecule has 39 heavy (non-hydrogen) atoms. The van der Waals surface area contributed by atoms with E-state index in [1.807, 2.05) is 6.07 Å². The van der Waals surface area contributed by atoms with E-state index in [-0.39, 0.29) is 75.9 Å². The molecule has 11 nitrogen and oxygen atoms in total. The minimum Gasteiger partial charge on any atom is -0.490 e. The number of nitriles is 1. The van der Waals surface area contributed by atoms with Gasteiger partial charge in [0.15, 0.2) is 11.5 Å². The summed E-state index contributed by atoms with van der Waals surface area (Å²) in [6.45, 7) is 1.76. The zero-order valence-corrected chi connectivity index (χ0v) is 21.4. The molecule has 3 aromatic rings. The molecule has 3 heterocycles. The number of nitro benzene ring substituents is 1. The highest BCUT2D eigenvalue weighted by molar-refractivity contribution is 7.12. The number of ketones is 1. The number of ether oxygens (including phenoxy) is 3. The number of furan rings is 1. The third-order valence-electron chi connectivity index (χ3n) is 6.41. The summed E-state index contributed by atoms with van der Waals surface area (Å²) in [5, 5.41) is 23.8. The predicted molar refractivity (Wildman–Crippen MR) is 137 cm³/mol. The molecule has 2 aliphatic rings. The third-order valence-corrected chi connectivity index (χ3v) is 7.26. The molecule has 2 atom stereocenters. The number of carbonyl (C=O) groups excluding carboxylic acids is 2. The average molecular weight is 548 g/mol. The molecule has 1 aliphatic heterocycles. The van der Waals surface area contributed by atoms with Crippen LogP contribution in [0.3, 0.4) is 0 Å². The van der Waals surface area contributed by atoms with E-state index in [4.69, 9.17) is 24.4 Å². The van der Waals surface area contributed by atoms with Crippen LogP contribution in [0.25, 0.3) is 0 Å². The molecule has 1 aliphatic carbocycles. The minimum atomic E-state index is -1.05. The molecule has 2 N–H and O–H groups in total. The van der Waals surface area contributed by atoms with Crippen LogP contribution in [-0.4, -0.2) is 23.3 Å². The van der Waals surface area contributed by atoms with Crippen LogP contribution in [0.2, 0.25) is 0 Å². The Bertz CT molecular complexity index is 1560. The Kier molecular flexibility index (Phi) is 6.91. The Balaban J connectivity index is 1.64. The molecule has 0 saturated heterocycles. The molecule has 0 spiro atoms. The van der Waals surface area contributed by atoms with Gasteiger partial charge in [0, 0.05) is 30.4 Å². The number of allylic oxidation sites excluding steroid dienone is 3. The Labute approximate surface area is 225 Å². The third kappa shape index (κ3) is 4.75. The van der Waals surface area contributed by atoms with Gasteiger partial charge in [0.1, 0.15) is 28.0 Å². The molecule has 12 heteroatoms. The summed E-state index contributed by atoms with van der Waals surface area (Å²) in [7, 11) is 0. The second-order valence-electron chi connectivity index (χ2n) is 8.73. The standard InChI is InChI=1S/C27H21N3O8S/c1-2-35-21-12-15(9-17(30(33)34)25(21)38-27(32)22-6-4-8-39-22)23-16(13-28)26(29)37-20-11-14(10-18(31)24(20)23)19-5-3-7-36-19/h3-9,12,14,23H,2,10-11,29H2,1H3/t14-,23-/m0/s1. The zero-order valence-electron chi connectivity index (χ0n) is 20.5. The molecule has 2 aromatic heterocycles. The molecule has 0 bridgehead atoms. The molecule has 0 fully saturated rings. The van der Waals surface area contributed by atoms with Gasteiger partial charge < -0.3 is 24.4 Å². The fraction of sp³-hybridized carbons (Fsp3) is 0.222.